The van der Waals surface area contributed by atoms with Gasteiger partial charge in [0.25, 0.3) is 0 Å². The highest BCUT2D eigenvalue weighted by Crippen LogP contribution is 2.17. The summed E-state index contributed by atoms with van der Waals surface area (Å²) in [4.78, 5) is 11.6. The van der Waals surface area contributed by atoms with Crippen LogP contribution in [-0.2, 0) is 9.53 Å². The van der Waals surface area contributed by atoms with E-state index in [9.17, 15) is 4.79 Å². The molecule has 1 rings (SSSR count). The van der Waals surface area contributed by atoms with Crippen LogP contribution < -0.4 is 10.6 Å². The third-order valence-corrected chi connectivity index (χ3v) is 3.18. The van der Waals surface area contributed by atoms with Crippen LogP contribution in [0.15, 0.2) is 24.3 Å². The predicted octanol–water partition coefficient (Wildman–Crippen LogP) is 3.36. The topological polar surface area (TPSA) is 50.4 Å². The zero-order valence-corrected chi connectivity index (χ0v) is 13.1. The highest BCUT2D eigenvalue weighted by Gasteiger charge is 2.13. The lowest BCUT2D eigenvalue weighted by Crippen LogP contribution is -2.30. The maximum atomic E-state index is 11.6. The Labute approximate surface area is 121 Å². The molecule has 0 aliphatic rings. The second kappa shape index (κ2) is 7.90. The normalized spacial score (nSPS) is 12.6. The van der Waals surface area contributed by atoms with Crippen molar-refractivity contribution >= 4 is 17.3 Å². The van der Waals surface area contributed by atoms with E-state index in [0.29, 0.717) is 12.5 Å². The maximum absolute atomic E-state index is 11.6. The zero-order valence-electron chi connectivity index (χ0n) is 13.1. The van der Waals surface area contributed by atoms with E-state index >= 15 is 0 Å². The predicted molar refractivity (Wildman–Crippen MR) is 84.0 cm³/mol. The summed E-state index contributed by atoms with van der Waals surface area (Å²) in [6, 6.07) is 8.04. The fraction of sp³-hybridized carbons (Fsp3) is 0.562. The Hall–Kier alpha value is -1.55. The van der Waals surface area contributed by atoms with Gasteiger partial charge in [0.05, 0.1) is 12.6 Å². The highest BCUT2D eigenvalue weighted by atomic mass is 16.5. The van der Waals surface area contributed by atoms with Crippen LogP contribution in [0.25, 0.3) is 0 Å². The SMILES string of the molecule is COCC(Nc1ccc(NC(=O)C(C)C)cc1)C(C)C. The Morgan fingerprint density at radius 1 is 1.10 bits per heavy atom. The van der Waals surface area contributed by atoms with Gasteiger partial charge < -0.3 is 15.4 Å². The quantitative estimate of drug-likeness (QED) is 0.804. The molecule has 4 heteroatoms. The van der Waals surface area contributed by atoms with Crippen molar-refractivity contribution in [2.75, 3.05) is 24.4 Å². The number of carbonyl (C=O) groups excluding carboxylic acids is 1. The van der Waals surface area contributed by atoms with E-state index in [2.05, 4.69) is 24.5 Å². The van der Waals surface area contributed by atoms with Crippen molar-refractivity contribution in [2.24, 2.45) is 11.8 Å². The van der Waals surface area contributed by atoms with E-state index < -0.39 is 0 Å². The van der Waals surface area contributed by atoms with Crippen LogP contribution in [0.4, 0.5) is 11.4 Å². The first-order valence-electron chi connectivity index (χ1n) is 7.10. The van der Waals surface area contributed by atoms with Gasteiger partial charge >= 0.3 is 0 Å². The minimum atomic E-state index is -0.0141. The summed E-state index contributed by atoms with van der Waals surface area (Å²) >= 11 is 0. The van der Waals surface area contributed by atoms with Crippen LogP contribution in [0.3, 0.4) is 0 Å². The molecule has 0 fully saturated rings. The molecule has 0 aromatic heterocycles. The second-order valence-electron chi connectivity index (χ2n) is 5.67. The first-order valence-corrected chi connectivity index (χ1v) is 7.10. The van der Waals surface area contributed by atoms with Gasteiger partial charge in [-0.25, -0.2) is 0 Å². The van der Waals surface area contributed by atoms with Gasteiger partial charge in [-0.2, -0.15) is 0 Å². The van der Waals surface area contributed by atoms with E-state index in [-0.39, 0.29) is 17.9 Å². The first-order chi connectivity index (χ1) is 9.43. The smallest absolute Gasteiger partial charge is 0.226 e. The van der Waals surface area contributed by atoms with Crippen LogP contribution in [0, 0.1) is 11.8 Å². The molecule has 0 saturated heterocycles. The monoisotopic (exact) mass is 278 g/mol. The van der Waals surface area contributed by atoms with E-state index in [1.165, 1.54) is 0 Å². The number of ether oxygens (including phenoxy) is 1. The number of rotatable bonds is 7. The van der Waals surface area contributed by atoms with Gasteiger partial charge in [0.1, 0.15) is 0 Å². The lowest BCUT2D eigenvalue weighted by Gasteiger charge is -2.22. The number of amides is 1. The summed E-state index contributed by atoms with van der Waals surface area (Å²) in [6.07, 6.45) is 0. The van der Waals surface area contributed by atoms with Crippen molar-refractivity contribution in [3.05, 3.63) is 24.3 Å². The molecule has 0 bridgehead atoms. The average molecular weight is 278 g/mol. The van der Waals surface area contributed by atoms with Gasteiger partial charge in [-0.3, -0.25) is 4.79 Å². The number of nitrogens with one attached hydrogen (secondary N) is 2. The molecule has 1 unspecified atom stereocenters. The van der Waals surface area contributed by atoms with Crippen molar-refractivity contribution in [3.8, 4) is 0 Å². The van der Waals surface area contributed by atoms with Crippen molar-refractivity contribution in [1.29, 1.82) is 0 Å². The van der Waals surface area contributed by atoms with E-state index in [0.717, 1.165) is 11.4 Å². The molecule has 1 aromatic rings. The number of carbonyl (C=O) groups is 1. The number of hydrogen-bond donors (Lipinski definition) is 2. The number of hydrogen-bond acceptors (Lipinski definition) is 3. The molecule has 0 saturated carbocycles. The first kappa shape index (κ1) is 16.5. The molecule has 1 amide bonds. The van der Waals surface area contributed by atoms with Crippen molar-refractivity contribution < 1.29 is 9.53 Å². The number of benzene rings is 1. The summed E-state index contributed by atoms with van der Waals surface area (Å²) in [7, 11) is 1.71. The van der Waals surface area contributed by atoms with E-state index in [4.69, 9.17) is 4.74 Å². The summed E-state index contributed by atoms with van der Waals surface area (Å²) in [6.45, 7) is 8.75. The highest BCUT2D eigenvalue weighted by molar-refractivity contribution is 5.92. The molecule has 0 heterocycles. The Kier molecular flexibility index (Phi) is 6.52. The molecule has 1 atom stereocenters. The fourth-order valence-corrected chi connectivity index (χ4v) is 1.73. The van der Waals surface area contributed by atoms with Gasteiger partial charge in [0.2, 0.25) is 5.91 Å². The molecule has 0 spiro atoms. The average Bonchev–Trinajstić information content (AvgIpc) is 2.40. The largest absolute Gasteiger partial charge is 0.383 e. The summed E-state index contributed by atoms with van der Waals surface area (Å²) < 4.78 is 5.22. The van der Waals surface area contributed by atoms with Gasteiger partial charge in [0, 0.05) is 24.4 Å². The lowest BCUT2D eigenvalue weighted by atomic mass is 10.0. The van der Waals surface area contributed by atoms with Crippen molar-refractivity contribution in [1.82, 2.24) is 0 Å². The van der Waals surface area contributed by atoms with Gasteiger partial charge in [-0.1, -0.05) is 27.7 Å². The fourth-order valence-electron chi connectivity index (χ4n) is 1.73. The molecule has 4 nitrogen and oxygen atoms in total. The molecule has 2 N–H and O–H groups in total. The Morgan fingerprint density at radius 2 is 1.65 bits per heavy atom. The van der Waals surface area contributed by atoms with Crippen LogP contribution in [0.1, 0.15) is 27.7 Å². The van der Waals surface area contributed by atoms with Gasteiger partial charge in [-0.05, 0) is 30.2 Å². The van der Waals surface area contributed by atoms with Crippen LogP contribution >= 0.6 is 0 Å². The molecule has 1 aromatic carbocycles. The van der Waals surface area contributed by atoms with Crippen molar-refractivity contribution in [3.63, 3.8) is 0 Å². The Morgan fingerprint density at radius 3 is 2.10 bits per heavy atom. The van der Waals surface area contributed by atoms with Crippen LogP contribution in [0.5, 0.6) is 0 Å². The number of methoxy groups -OCH3 is 1. The molecule has 20 heavy (non-hydrogen) atoms. The summed E-state index contributed by atoms with van der Waals surface area (Å²) in [5.41, 5.74) is 1.85. The maximum Gasteiger partial charge on any atom is 0.226 e. The molecular formula is C16H26N2O2. The van der Waals surface area contributed by atoms with Crippen LogP contribution in [-0.4, -0.2) is 25.7 Å². The standard InChI is InChI=1S/C16H26N2O2/c1-11(2)15(10-20-5)17-13-6-8-14(9-7-13)18-16(19)12(3)4/h6-9,11-12,15,17H,10H2,1-5H3,(H,18,19). The van der Waals surface area contributed by atoms with E-state index in [1.807, 2.05) is 38.1 Å². The Balaban J connectivity index is 2.64. The third-order valence-electron chi connectivity index (χ3n) is 3.18. The van der Waals surface area contributed by atoms with E-state index in [1.54, 1.807) is 7.11 Å². The minimum Gasteiger partial charge on any atom is -0.383 e. The van der Waals surface area contributed by atoms with Crippen LogP contribution in [0.2, 0.25) is 0 Å². The summed E-state index contributed by atoms with van der Waals surface area (Å²) in [5, 5.41) is 6.32. The minimum absolute atomic E-state index is 0.0141. The van der Waals surface area contributed by atoms with Gasteiger partial charge in [-0.15, -0.1) is 0 Å². The second-order valence-corrected chi connectivity index (χ2v) is 5.67. The van der Waals surface area contributed by atoms with Crippen molar-refractivity contribution in [2.45, 2.75) is 33.7 Å². The lowest BCUT2D eigenvalue weighted by molar-refractivity contribution is -0.118. The molecule has 0 aliphatic carbocycles. The number of anilines is 2. The molecule has 0 aliphatic heterocycles. The zero-order chi connectivity index (χ0) is 15.1. The molecular weight excluding hydrogens is 252 g/mol. The molecule has 0 radical (unpaired) electrons. The summed E-state index contributed by atoms with van der Waals surface area (Å²) in [5.74, 6) is 0.500. The Bertz CT molecular complexity index is 413. The molecule has 112 valence electrons. The van der Waals surface area contributed by atoms with Gasteiger partial charge in [0.15, 0.2) is 0 Å². The third kappa shape index (κ3) is 5.21.